The normalized spacial score (nSPS) is 17.1. The number of carbonyl (C=O) groups excluding carboxylic acids is 4. The molecule has 0 spiro atoms. The summed E-state index contributed by atoms with van der Waals surface area (Å²) in [5, 5.41) is 0. The summed E-state index contributed by atoms with van der Waals surface area (Å²) in [7, 11) is 0. The maximum atomic E-state index is 12.0. The zero-order chi connectivity index (χ0) is 22.8. The Balaban J connectivity index is 5.58. The highest BCUT2D eigenvalue weighted by Crippen LogP contribution is 2.24. The van der Waals surface area contributed by atoms with Crippen LogP contribution in [0.2, 0.25) is 0 Å². The molecule has 0 fully saturated rings. The van der Waals surface area contributed by atoms with E-state index in [-0.39, 0.29) is 26.4 Å². The van der Waals surface area contributed by atoms with E-state index in [1.165, 1.54) is 0 Å². The quantitative estimate of drug-likeness (QED) is 0.127. The number of halogens is 4. The maximum absolute atomic E-state index is 12.0. The molecule has 8 nitrogen and oxygen atoms in total. The molecule has 4 atom stereocenters. The summed E-state index contributed by atoms with van der Waals surface area (Å²) < 4.78 is 19.7. The Bertz CT molecular complexity index is 476. The van der Waals surface area contributed by atoms with Crippen molar-refractivity contribution in [3.05, 3.63) is 0 Å². The Kier molecular flexibility index (Phi) is 15.2. The molecule has 0 aromatic rings. The van der Waals surface area contributed by atoms with Crippen LogP contribution in [0.4, 0.5) is 0 Å². The summed E-state index contributed by atoms with van der Waals surface area (Å²) >= 11 is 7.63. The van der Waals surface area contributed by atoms with Crippen LogP contribution in [0.5, 0.6) is 0 Å². The van der Waals surface area contributed by atoms with Gasteiger partial charge in [0.05, 0.1) is 0 Å². The molecule has 0 bridgehead atoms. The fraction of sp³-hybridized carbons (Fsp3) is 0.765. The van der Waals surface area contributed by atoms with E-state index >= 15 is 0 Å². The second-order valence-corrected chi connectivity index (χ2v) is 13.9. The second kappa shape index (κ2) is 14.8. The number of ether oxygens (including phenoxy) is 4. The molecule has 0 N–H and O–H groups in total. The van der Waals surface area contributed by atoms with Crippen LogP contribution in [0.1, 0.15) is 27.7 Å². The Morgan fingerprint density at radius 3 is 0.862 bits per heavy atom. The predicted octanol–water partition coefficient (Wildman–Crippen LogP) is 3.44. The number of carbonyl (C=O) groups is 4. The first-order valence-electron chi connectivity index (χ1n) is 8.54. The molecule has 0 saturated carbocycles. The van der Waals surface area contributed by atoms with E-state index in [1.54, 1.807) is 27.7 Å². The van der Waals surface area contributed by atoms with Crippen molar-refractivity contribution in [2.75, 3.05) is 26.4 Å². The lowest BCUT2D eigenvalue weighted by Gasteiger charge is -2.32. The summed E-state index contributed by atoms with van der Waals surface area (Å²) in [5.41, 5.74) is -1.22. The fourth-order valence-electron chi connectivity index (χ4n) is 1.61. The van der Waals surface area contributed by atoms with Gasteiger partial charge >= 0.3 is 23.9 Å². The molecule has 4 unspecified atom stereocenters. The minimum Gasteiger partial charge on any atom is -0.464 e. The van der Waals surface area contributed by atoms with E-state index in [4.69, 9.17) is 18.9 Å². The van der Waals surface area contributed by atoms with Gasteiger partial charge in [-0.25, -0.2) is 0 Å². The average Bonchev–Trinajstić information content (AvgIpc) is 2.64. The van der Waals surface area contributed by atoms with Crippen LogP contribution in [-0.2, 0) is 38.1 Å². The zero-order valence-corrected chi connectivity index (χ0v) is 25.0. The van der Waals surface area contributed by atoms with Crippen LogP contribution in [0.15, 0.2) is 0 Å². The van der Waals surface area contributed by atoms with Gasteiger partial charge in [0.2, 0.25) is 0 Å². The summed E-state index contributed by atoms with van der Waals surface area (Å²) in [4.78, 5) is 47.9. The maximum Gasteiger partial charge on any atom is 0.318 e. The average molecular weight is 864 g/mol. The molecule has 0 aliphatic heterocycles. The molecule has 0 radical (unpaired) electrons. The van der Waals surface area contributed by atoms with Crippen molar-refractivity contribution in [2.24, 2.45) is 5.41 Å². The van der Waals surface area contributed by atoms with E-state index in [9.17, 15) is 19.2 Å². The standard InChI is InChI=1S/C17H24I4O8/c1-9(18)13(22)26-5-17(6-27-14(23)10(2)19,7-28-15(24)11(3)20)8-29-16(25)12(4)21/h9-12H,5-8H2,1-4H3. The molecule has 0 rings (SSSR count). The summed E-state index contributed by atoms with van der Waals surface area (Å²) in [6.07, 6.45) is 0. The van der Waals surface area contributed by atoms with Crippen molar-refractivity contribution in [2.45, 2.75) is 43.4 Å². The lowest BCUT2D eigenvalue weighted by atomic mass is 9.92. The van der Waals surface area contributed by atoms with Crippen molar-refractivity contribution < 1.29 is 38.1 Å². The molecular formula is C17H24I4O8. The number of hydrogen-bond acceptors (Lipinski definition) is 8. The van der Waals surface area contributed by atoms with Crippen LogP contribution in [0, 0.1) is 5.41 Å². The number of hydrogen-bond donors (Lipinski definition) is 0. The van der Waals surface area contributed by atoms with Gasteiger partial charge < -0.3 is 18.9 Å². The Morgan fingerprint density at radius 2 is 0.724 bits per heavy atom. The molecular weight excluding hydrogens is 840 g/mol. The first kappa shape index (κ1) is 29.8. The lowest BCUT2D eigenvalue weighted by molar-refractivity contribution is -0.169. The summed E-state index contributed by atoms with van der Waals surface area (Å²) in [6, 6.07) is 0. The molecule has 0 saturated heterocycles. The van der Waals surface area contributed by atoms with Crippen molar-refractivity contribution in [1.82, 2.24) is 0 Å². The number of rotatable bonds is 12. The minimum atomic E-state index is -1.22. The molecule has 0 aliphatic carbocycles. The molecule has 168 valence electrons. The first-order valence-corrected chi connectivity index (χ1v) is 13.5. The number of esters is 4. The van der Waals surface area contributed by atoms with E-state index in [2.05, 4.69) is 0 Å². The minimum absolute atomic E-state index is 0.242. The smallest absolute Gasteiger partial charge is 0.318 e. The van der Waals surface area contributed by atoms with Crippen LogP contribution >= 0.6 is 90.4 Å². The van der Waals surface area contributed by atoms with Gasteiger partial charge in [-0.1, -0.05) is 90.4 Å². The third kappa shape index (κ3) is 12.4. The van der Waals surface area contributed by atoms with Crippen LogP contribution < -0.4 is 0 Å². The molecule has 0 aliphatic rings. The van der Waals surface area contributed by atoms with E-state index < -0.39 is 45.0 Å². The number of alkyl halides is 4. The van der Waals surface area contributed by atoms with Gasteiger partial charge in [0.15, 0.2) is 0 Å². The molecule has 0 amide bonds. The van der Waals surface area contributed by atoms with Crippen LogP contribution in [-0.4, -0.2) is 66.0 Å². The zero-order valence-electron chi connectivity index (χ0n) is 16.4. The molecule has 0 aromatic carbocycles. The largest absolute Gasteiger partial charge is 0.464 e. The van der Waals surface area contributed by atoms with Gasteiger partial charge in [-0.2, -0.15) is 0 Å². The van der Waals surface area contributed by atoms with Gasteiger partial charge in [-0.3, -0.25) is 19.2 Å². The van der Waals surface area contributed by atoms with Gasteiger partial charge in [0.1, 0.15) is 47.5 Å². The van der Waals surface area contributed by atoms with Gasteiger partial charge in [0, 0.05) is 0 Å². The van der Waals surface area contributed by atoms with Crippen molar-refractivity contribution >= 4 is 114 Å². The van der Waals surface area contributed by atoms with Crippen LogP contribution in [0.25, 0.3) is 0 Å². The molecule has 29 heavy (non-hydrogen) atoms. The van der Waals surface area contributed by atoms with Gasteiger partial charge in [-0.15, -0.1) is 0 Å². The van der Waals surface area contributed by atoms with Crippen molar-refractivity contribution in [3.8, 4) is 0 Å². The highest BCUT2D eigenvalue weighted by molar-refractivity contribution is 14.1. The predicted molar refractivity (Wildman–Crippen MR) is 140 cm³/mol. The third-order valence-electron chi connectivity index (χ3n) is 3.38. The fourth-order valence-corrected chi connectivity index (χ4v) is 2.33. The van der Waals surface area contributed by atoms with Crippen molar-refractivity contribution in [3.63, 3.8) is 0 Å². The summed E-state index contributed by atoms with van der Waals surface area (Å²) in [5.74, 6) is -1.92. The highest BCUT2D eigenvalue weighted by atomic mass is 127. The topological polar surface area (TPSA) is 105 Å². The first-order chi connectivity index (χ1) is 13.3. The van der Waals surface area contributed by atoms with E-state index in [1.807, 2.05) is 90.4 Å². The molecule has 0 aromatic heterocycles. The molecule has 0 heterocycles. The Labute approximate surface area is 225 Å². The highest BCUT2D eigenvalue weighted by Gasteiger charge is 2.39. The van der Waals surface area contributed by atoms with Gasteiger partial charge in [-0.05, 0) is 27.7 Å². The Morgan fingerprint density at radius 1 is 0.552 bits per heavy atom. The van der Waals surface area contributed by atoms with E-state index in [0.717, 1.165) is 0 Å². The second-order valence-electron chi connectivity index (χ2n) is 6.39. The van der Waals surface area contributed by atoms with Crippen LogP contribution in [0.3, 0.4) is 0 Å². The Hall–Kier alpha value is 0.800. The third-order valence-corrected chi connectivity index (χ3v) is 5.42. The van der Waals surface area contributed by atoms with E-state index in [0.29, 0.717) is 0 Å². The SMILES string of the molecule is CC(I)C(=O)OCC(COC(=O)C(C)I)(COC(=O)C(C)I)COC(=O)C(C)I. The monoisotopic (exact) mass is 864 g/mol. The molecule has 12 heteroatoms. The lowest BCUT2D eigenvalue weighted by Crippen LogP contribution is -2.45. The van der Waals surface area contributed by atoms with Crippen molar-refractivity contribution in [1.29, 1.82) is 0 Å². The summed E-state index contributed by atoms with van der Waals surface area (Å²) in [6.45, 7) is 5.69. The van der Waals surface area contributed by atoms with Gasteiger partial charge in [0.25, 0.3) is 0 Å².